The van der Waals surface area contributed by atoms with Crippen molar-refractivity contribution in [1.29, 1.82) is 0 Å². The number of hydrogen-bond acceptors (Lipinski definition) is 3. The van der Waals surface area contributed by atoms with E-state index in [1.54, 1.807) is 12.1 Å². The largest absolute Gasteiger partial charge is 0.423 e. The van der Waals surface area contributed by atoms with Crippen LogP contribution in [0, 0.1) is 30.4 Å². The molecule has 0 N–H and O–H groups in total. The number of halogens is 2. The summed E-state index contributed by atoms with van der Waals surface area (Å²) in [4.78, 5) is 12.3. The maximum Gasteiger partial charge on any atom is 0.346 e. The van der Waals surface area contributed by atoms with Gasteiger partial charge in [-0.05, 0) is 111 Å². The molecule has 2 nitrogen and oxygen atoms in total. The molecular weight excluding hydrogens is 414 g/mol. The Morgan fingerprint density at radius 1 is 0.871 bits per heavy atom. The van der Waals surface area contributed by atoms with Crippen molar-refractivity contribution in [3.8, 4) is 5.75 Å². The Hall–Kier alpha value is -1.88. The Kier molecular flexibility index (Phi) is 7.00. The van der Waals surface area contributed by atoms with Crippen LogP contribution in [-0.2, 0) is 0 Å². The van der Waals surface area contributed by atoms with Crippen molar-refractivity contribution in [3.05, 3.63) is 64.7 Å². The minimum absolute atomic E-state index is 0.155. The zero-order valence-electron chi connectivity index (χ0n) is 17.9. The molecule has 2 aliphatic carbocycles. The van der Waals surface area contributed by atoms with Crippen LogP contribution in [-0.4, -0.2) is 11.2 Å². The molecule has 0 radical (unpaired) electrons. The number of rotatable bonds is 4. The number of benzene rings is 2. The highest BCUT2D eigenvalue weighted by molar-refractivity contribution is 7.80. The van der Waals surface area contributed by atoms with Gasteiger partial charge in [0.1, 0.15) is 17.4 Å². The van der Waals surface area contributed by atoms with Gasteiger partial charge in [-0.15, -0.1) is 0 Å². The molecule has 0 aliphatic heterocycles. The summed E-state index contributed by atoms with van der Waals surface area (Å²) < 4.78 is 33.0. The van der Waals surface area contributed by atoms with Crippen molar-refractivity contribution < 1.29 is 18.3 Å². The second-order valence-corrected chi connectivity index (χ2v) is 9.95. The molecule has 0 bridgehead atoms. The highest BCUT2D eigenvalue weighted by atomic mass is 32.1. The first-order chi connectivity index (χ1) is 14.9. The first kappa shape index (κ1) is 22.3. The Balaban J connectivity index is 1.33. The van der Waals surface area contributed by atoms with E-state index in [0.717, 1.165) is 24.0 Å². The minimum atomic E-state index is -0.888. The highest BCUT2D eigenvalue weighted by Gasteiger charge is 2.30. The van der Waals surface area contributed by atoms with Gasteiger partial charge in [-0.1, -0.05) is 12.1 Å². The summed E-state index contributed by atoms with van der Waals surface area (Å²) in [6, 6.07) is 9.38. The lowest BCUT2D eigenvalue weighted by atomic mass is 9.70. The lowest BCUT2D eigenvalue weighted by Gasteiger charge is -2.37. The Labute approximate surface area is 188 Å². The molecule has 0 unspecified atom stereocenters. The lowest BCUT2D eigenvalue weighted by Crippen LogP contribution is -2.25. The van der Waals surface area contributed by atoms with E-state index in [1.165, 1.54) is 63.9 Å². The summed E-state index contributed by atoms with van der Waals surface area (Å²) in [6.07, 6.45) is 10.1. The van der Waals surface area contributed by atoms with Gasteiger partial charge in [0.05, 0.1) is 5.56 Å². The average Bonchev–Trinajstić information content (AvgIpc) is 2.77. The van der Waals surface area contributed by atoms with E-state index < -0.39 is 23.2 Å². The van der Waals surface area contributed by atoms with Crippen molar-refractivity contribution >= 4 is 18.6 Å². The number of carbonyl (C=O) groups is 1. The number of hydrogen-bond donors (Lipinski definition) is 1. The zero-order valence-corrected chi connectivity index (χ0v) is 18.8. The Bertz CT molecular complexity index is 912. The normalized spacial score (nSPS) is 26.5. The fraction of sp³-hybridized carbons (Fsp3) is 0.500. The molecule has 2 saturated carbocycles. The SMILES string of the molecule is Cc1cc(F)c(C(=O)Oc2ccc(C3CCC(C4CCC(S)CC4)CC3)cc2)cc1F. The van der Waals surface area contributed by atoms with Gasteiger partial charge in [-0.3, -0.25) is 0 Å². The van der Waals surface area contributed by atoms with Crippen LogP contribution in [0.4, 0.5) is 8.78 Å². The van der Waals surface area contributed by atoms with Gasteiger partial charge in [0.2, 0.25) is 0 Å². The quantitative estimate of drug-likeness (QED) is 0.305. The third-order valence-corrected chi connectivity index (χ3v) is 7.73. The highest BCUT2D eigenvalue weighted by Crippen LogP contribution is 2.43. The van der Waals surface area contributed by atoms with Gasteiger partial charge in [-0.25, -0.2) is 13.6 Å². The third-order valence-electron chi connectivity index (χ3n) is 7.21. The molecule has 0 amide bonds. The van der Waals surface area contributed by atoms with E-state index in [1.807, 2.05) is 12.1 Å². The molecule has 0 spiro atoms. The minimum Gasteiger partial charge on any atom is -0.423 e. The molecular formula is C26H30F2O2S. The third kappa shape index (κ3) is 5.31. The Morgan fingerprint density at radius 2 is 1.45 bits per heavy atom. The van der Waals surface area contributed by atoms with Crippen LogP contribution in [0.25, 0.3) is 0 Å². The van der Waals surface area contributed by atoms with Crippen molar-refractivity contribution in [1.82, 2.24) is 0 Å². The standard InChI is InChI=1S/C26H30F2O2S/c1-16-14-25(28)23(15-24(16)27)26(29)30-21-10-6-19(7-11-21)17-2-4-18(5-3-17)20-8-12-22(31)13-9-20/h6-7,10-11,14-15,17-18,20,22,31H,2-5,8-9,12-13H2,1H3. The van der Waals surface area contributed by atoms with Crippen LogP contribution >= 0.6 is 12.6 Å². The van der Waals surface area contributed by atoms with Crippen molar-refractivity contribution in [3.63, 3.8) is 0 Å². The van der Waals surface area contributed by atoms with Crippen LogP contribution in [0.15, 0.2) is 36.4 Å². The van der Waals surface area contributed by atoms with E-state index in [0.29, 0.717) is 16.9 Å². The molecule has 0 atom stereocenters. The van der Waals surface area contributed by atoms with Crippen LogP contribution in [0.2, 0.25) is 0 Å². The number of ether oxygens (including phenoxy) is 1. The first-order valence-corrected chi connectivity index (χ1v) is 11.9. The van der Waals surface area contributed by atoms with E-state index in [4.69, 9.17) is 4.74 Å². The van der Waals surface area contributed by atoms with Gasteiger partial charge >= 0.3 is 5.97 Å². The van der Waals surface area contributed by atoms with Crippen molar-refractivity contribution in [2.45, 2.75) is 69.5 Å². The van der Waals surface area contributed by atoms with Gasteiger partial charge in [0, 0.05) is 5.25 Å². The van der Waals surface area contributed by atoms with Crippen LogP contribution in [0.3, 0.4) is 0 Å². The van der Waals surface area contributed by atoms with E-state index in [9.17, 15) is 13.6 Å². The summed E-state index contributed by atoms with van der Waals surface area (Å²) in [5.74, 6) is 0.302. The van der Waals surface area contributed by atoms with E-state index in [-0.39, 0.29) is 5.56 Å². The molecule has 4 rings (SSSR count). The van der Waals surface area contributed by atoms with Gasteiger partial charge < -0.3 is 4.74 Å². The smallest absolute Gasteiger partial charge is 0.346 e. The second kappa shape index (κ2) is 9.72. The van der Waals surface area contributed by atoms with Crippen molar-refractivity contribution in [2.24, 2.45) is 11.8 Å². The van der Waals surface area contributed by atoms with Crippen LogP contribution < -0.4 is 4.74 Å². The maximum absolute atomic E-state index is 14.0. The second-order valence-electron chi connectivity index (χ2n) is 9.22. The molecule has 2 aliphatic rings. The topological polar surface area (TPSA) is 26.3 Å². The van der Waals surface area contributed by atoms with E-state index >= 15 is 0 Å². The predicted octanol–water partition coefficient (Wildman–Crippen LogP) is 7.25. The summed E-state index contributed by atoms with van der Waals surface area (Å²) >= 11 is 4.62. The summed E-state index contributed by atoms with van der Waals surface area (Å²) in [7, 11) is 0. The van der Waals surface area contributed by atoms with Crippen molar-refractivity contribution in [2.75, 3.05) is 0 Å². The zero-order chi connectivity index (χ0) is 22.0. The molecule has 0 saturated heterocycles. The summed E-state index contributed by atoms with van der Waals surface area (Å²) in [5.41, 5.74) is 1.02. The monoisotopic (exact) mass is 444 g/mol. The molecule has 2 aromatic rings. The van der Waals surface area contributed by atoms with Gasteiger partial charge in [-0.2, -0.15) is 12.6 Å². The Morgan fingerprint density at radius 3 is 2.06 bits per heavy atom. The molecule has 2 fully saturated rings. The predicted molar refractivity (Wildman–Crippen MR) is 122 cm³/mol. The van der Waals surface area contributed by atoms with Crippen LogP contribution in [0.5, 0.6) is 5.75 Å². The molecule has 166 valence electrons. The molecule has 0 heterocycles. The van der Waals surface area contributed by atoms with Gasteiger partial charge in [0.25, 0.3) is 0 Å². The molecule has 2 aromatic carbocycles. The first-order valence-electron chi connectivity index (χ1n) is 11.4. The average molecular weight is 445 g/mol. The molecule has 31 heavy (non-hydrogen) atoms. The summed E-state index contributed by atoms with van der Waals surface area (Å²) in [6.45, 7) is 1.45. The number of carbonyl (C=O) groups excluding carboxylic acids is 1. The molecule has 0 aromatic heterocycles. The van der Waals surface area contributed by atoms with E-state index in [2.05, 4.69) is 12.6 Å². The fourth-order valence-corrected chi connectivity index (χ4v) is 5.57. The maximum atomic E-state index is 14.0. The number of esters is 1. The number of aryl methyl sites for hydroxylation is 1. The van der Waals surface area contributed by atoms with Crippen LogP contribution in [0.1, 0.15) is 78.8 Å². The number of thiol groups is 1. The lowest BCUT2D eigenvalue weighted by molar-refractivity contribution is 0.0729. The fourth-order valence-electron chi connectivity index (χ4n) is 5.27. The van der Waals surface area contributed by atoms with Gasteiger partial charge in [0.15, 0.2) is 0 Å². The summed E-state index contributed by atoms with van der Waals surface area (Å²) in [5, 5.41) is 0.599. The molecule has 5 heteroatoms.